The zero-order chi connectivity index (χ0) is 19.4. The Morgan fingerprint density at radius 2 is 1.78 bits per heavy atom. The molecule has 140 valence electrons. The number of hydrogen-bond acceptors (Lipinski definition) is 4. The Morgan fingerprint density at radius 3 is 2.44 bits per heavy atom. The minimum Gasteiger partial charge on any atom is -0.451 e. The Kier molecular flexibility index (Phi) is 5.26. The van der Waals surface area contributed by atoms with E-state index in [0.29, 0.717) is 12.2 Å². The fraction of sp³-hybridized carbons (Fsp3) is 0.286. The van der Waals surface area contributed by atoms with E-state index in [1.165, 1.54) is 0 Å². The zero-order valence-corrected chi connectivity index (χ0v) is 15.8. The van der Waals surface area contributed by atoms with E-state index >= 15 is 0 Å². The van der Waals surface area contributed by atoms with E-state index < -0.39 is 11.5 Å². The molecule has 3 aromatic rings. The molecule has 0 spiro atoms. The first-order valence-corrected chi connectivity index (χ1v) is 8.80. The van der Waals surface area contributed by atoms with E-state index in [1.807, 2.05) is 63.2 Å². The standard InChI is InChI=1S/C21H23N3O3/c1-21(2,3)24(13-16-9-5-4-6-10-16)19(25)15-27-20(26)17-14-23-12-8-7-11-18(23)22-17/h4-12,14H,13,15H2,1-3H3. The van der Waals surface area contributed by atoms with Crippen molar-refractivity contribution in [2.75, 3.05) is 6.61 Å². The minimum absolute atomic E-state index is 0.180. The van der Waals surface area contributed by atoms with Crippen molar-refractivity contribution >= 4 is 17.5 Å². The molecule has 0 saturated carbocycles. The summed E-state index contributed by atoms with van der Waals surface area (Å²) >= 11 is 0. The highest BCUT2D eigenvalue weighted by Crippen LogP contribution is 2.18. The first kappa shape index (κ1) is 18.6. The van der Waals surface area contributed by atoms with Crippen LogP contribution in [-0.2, 0) is 16.1 Å². The van der Waals surface area contributed by atoms with Crippen molar-refractivity contribution in [1.82, 2.24) is 14.3 Å². The topological polar surface area (TPSA) is 63.9 Å². The summed E-state index contributed by atoms with van der Waals surface area (Å²) in [6, 6.07) is 15.2. The lowest BCUT2D eigenvalue weighted by Crippen LogP contribution is -2.46. The predicted molar refractivity (Wildman–Crippen MR) is 102 cm³/mol. The maximum atomic E-state index is 12.7. The van der Waals surface area contributed by atoms with Gasteiger partial charge in [0.1, 0.15) is 5.65 Å². The number of hydrogen-bond donors (Lipinski definition) is 0. The highest BCUT2D eigenvalue weighted by Gasteiger charge is 2.27. The lowest BCUT2D eigenvalue weighted by Gasteiger charge is -2.35. The first-order valence-electron chi connectivity index (χ1n) is 8.80. The van der Waals surface area contributed by atoms with Crippen LogP contribution in [-0.4, -0.2) is 38.3 Å². The zero-order valence-electron chi connectivity index (χ0n) is 15.8. The number of carbonyl (C=O) groups is 2. The number of aromatic nitrogens is 2. The molecule has 0 unspecified atom stereocenters. The number of benzene rings is 1. The predicted octanol–water partition coefficient (Wildman–Crippen LogP) is 3.32. The normalized spacial score (nSPS) is 11.4. The fourth-order valence-corrected chi connectivity index (χ4v) is 2.78. The van der Waals surface area contributed by atoms with Gasteiger partial charge in [0, 0.05) is 24.5 Å². The van der Waals surface area contributed by atoms with Gasteiger partial charge >= 0.3 is 5.97 Å². The SMILES string of the molecule is CC(C)(C)N(Cc1ccccc1)C(=O)COC(=O)c1cn2ccccc2n1. The second-order valence-electron chi connectivity index (χ2n) is 7.30. The van der Waals surface area contributed by atoms with Crippen LogP contribution >= 0.6 is 0 Å². The van der Waals surface area contributed by atoms with E-state index in [2.05, 4.69) is 4.98 Å². The Morgan fingerprint density at radius 1 is 1.07 bits per heavy atom. The molecule has 1 aromatic carbocycles. The van der Waals surface area contributed by atoms with Crippen LogP contribution in [0.4, 0.5) is 0 Å². The summed E-state index contributed by atoms with van der Waals surface area (Å²) in [7, 11) is 0. The van der Waals surface area contributed by atoms with Crippen molar-refractivity contribution in [1.29, 1.82) is 0 Å². The van der Waals surface area contributed by atoms with Gasteiger partial charge in [0.25, 0.3) is 5.91 Å². The van der Waals surface area contributed by atoms with E-state index in [-0.39, 0.29) is 18.2 Å². The highest BCUT2D eigenvalue weighted by atomic mass is 16.5. The average Bonchev–Trinajstić information content (AvgIpc) is 3.08. The lowest BCUT2D eigenvalue weighted by molar-refractivity contribution is -0.140. The largest absolute Gasteiger partial charge is 0.451 e. The summed E-state index contributed by atoms with van der Waals surface area (Å²) in [5.41, 5.74) is 1.45. The molecular weight excluding hydrogens is 342 g/mol. The van der Waals surface area contributed by atoms with E-state index in [1.54, 1.807) is 27.8 Å². The molecule has 0 aliphatic heterocycles. The van der Waals surface area contributed by atoms with Gasteiger partial charge in [-0.25, -0.2) is 9.78 Å². The number of carbonyl (C=O) groups excluding carboxylic acids is 2. The van der Waals surface area contributed by atoms with Gasteiger partial charge in [-0.2, -0.15) is 0 Å². The van der Waals surface area contributed by atoms with Crippen LogP contribution in [0.3, 0.4) is 0 Å². The average molecular weight is 365 g/mol. The van der Waals surface area contributed by atoms with Crippen molar-refractivity contribution in [2.24, 2.45) is 0 Å². The third kappa shape index (κ3) is 4.53. The molecule has 6 nitrogen and oxygen atoms in total. The second-order valence-corrected chi connectivity index (χ2v) is 7.30. The third-order valence-corrected chi connectivity index (χ3v) is 4.19. The highest BCUT2D eigenvalue weighted by molar-refractivity contribution is 5.90. The Hall–Kier alpha value is -3.15. The smallest absolute Gasteiger partial charge is 0.359 e. The number of esters is 1. The lowest BCUT2D eigenvalue weighted by atomic mass is 10.0. The van der Waals surface area contributed by atoms with Gasteiger partial charge in [0.15, 0.2) is 12.3 Å². The van der Waals surface area contributed by atoms with Crippen LogP contribution in [0.15, 0.2) is 60.9 Å². The molecule has 3 rings (SSSR count). The number of nitrogens with zero attached hydrogens (tertiary/aromatic N) is 3. The van der Waals surface area contributed by atoms with E-state index in [4.69, 9.17) is 4.74 Å². The van der Waals surface area contributed by atoms with Crippen LogP contribution in [0.1, 0.15) is 36.8 Å². The number of fused-ring (bicyclic) bond motifs is 1. The number of rotatable bonds is 5. The molecule has 0 aliphatic rings. The Bertz CT molecular complexity index is 909. The molecule has 0 radical (unpaired) electrons. The summed E-state index contributed by atoms with van der Waals surface area (Å²) in [4.78, 5) is 30.9. The molecule has 0 aliphatic carbocycles. The molecule has 2 aromatic heterocycles. The van der Waals surface area contributed by atoms with Crippen LogP contribution < -0.4 is 0 Å². The molecule has 2 heterocycles. The summed E-state index contributed by atoms with van der Waals surface area (Å²) in [5.74, 6) is -0.857. The van der Waals surface area contributed by atoms with E-state index in [0.717, 1.165) is 5.56 Å². The molecule has 6 heteroatoms. The molecular formula is C21H23N3O3. The van der Waals surface area contributed by atoms with Gasteiger partial charge in [-0.1, -0.05) is 36.4 Å². The first-order chi connectivity index (χ1) is 12.8. The maximum absolute atomic E-state index is 12.7. The molecule has 1 amide bonds. The van der Waals surface area contributed by atoms with Crippen molar-refractivity contribution in [3.63, 3.8) is 0 Å². The van der Waals surface area contributed by atoms with Crippen molar-refractivity contribution in [3.05, 3.63) is 72.2 Å². The molecule has 0 saturated heterocycles. The molecule has 0 N–H and O–H groups in total. The summed E-state index contributed by atoms with van der Waals surface area (Å²) in [6.07, 6.45) is 3.39. The van der Waals surface area contributed by atoms with Crippen molar-refractivity contribution in [3.8, 4) is 0 Å². The van der Waals surface area contributed by atoms with E-state index in [9.17, 15) is 9.59 Å². The number of imidazole rings is 1. The number of pyridine rings is 1. The van der Waals surface area contributed by atoms with Crippen LogP contribution in [0, 0.1) is 0 Å². The van der Waals surface area contributed by atoms with Gasteiger partial charge in [-0.05, 0) is 38.5 Å². The van der Waals surface area contributed by atoms with Gasteiger partial charge in [0.2, 0.25) is 0 Å². The summed E-state index contributed by atoms with van der Waals surface area (Å²) in [5, 5.41) is 0. The fourth-order valence-electron chi connectivity index (χ4n) is 2.78. The van der Waals surface area contributed by atoms with Gasteiger partial charge in [-0.3, -0.25) is 4.79 Å². The number of ether oxygens (including phenoxy) is 1. The Balaban J connectivity index is 1.67. The monoisotopic (exact) mass is 365 g/mol. The summed E-state index contributed by atoms with van der Waals surface area (Å²) in [6.45, 7) is 6.00. The molecule has 0 fully saturated rings. The van der Waals surface area contributed by atoms with Crippen LogP contribution in [0.2, 0.25) is 0 Å². The second kappa shape index (κ2) is 7.61. The third-order valence-electron chi connectivity index (χ3n) is 4.19. The van der Waals surface area contributed by atoms with Crippen molar-refractivity contribution < 1.29 is 14.3 Å². The van der Waals surface area contributed by atoms with Crippen LogP contribution in [0.5, 0.6) is 0 Å². The van der Waals surface area contributed by atoms with Crippen molar-refractivity contribution in [2.45, 2.75) is 32.9 Å². The number of amides is 1. The quantitative estimate of drug-likeness (QED) is 0.651. The van der Waals surface area contributed by atoms with Gasteiger partial charge in [0.05, 0.1) is 0 Å². The minimum atomic E-state index is -0.611. The van der Waals surface area contributed by atoms with Gasteiger partial charge < -0.3 is 14.0 Å². The maximum Gasteiger partial charge on any atom is 0.359 e. The van der Waals surface area contributed by atoms with Gasteiger partial charge in [-0.15, -0.1) is 0 Å². The molecule has 27 heavy (non-hydrogen) atoms. The summed E-state index contributed by atoms with van der Waals surface area (Å²) < 4.78 is 6.96. The molecule has 0 bridgehead atoms. The van der Waals surface area contributed by atoms with Crippen LogP contribution in [0.25, 0.3) is 5.65 Å². The Labute approximate surface area is 158 Å². The molecule has 0 atom stereocenters.